The highest BCUT2D eigenvalue weighted by Gasteiger charge is 2.43. The lowest BCUT2D eigenvalue weighted by Crippen LogP contribution is -2.33. The van der Waals surface area contributed by atoms with E-state index >= 15 is 0 Å². The topological polar surface area (TPSA) is 71.8 Å². The quantitative estimate of drug-likeness (QED) is 0.187. The molecule has 0 radical (unpaired) electrons. The molecule has 6 nitrogen and oxygen atoms in total. The highest BCUT2D eigenvalue weighted by atomic mass is 35.5. The van der Waals surface area contributed by atoms with Gasteiger partial charge >= 0.3 is 18.7 Å². The molecule has 186 valence electrons. The first-order chi connectivity index (χ1) is 16.3. The first kappa shape index (κ1) is 26.1. The third kappa shape index (κ3) is 7.21. The summed E-state index contributed by atoms with van der Waals surface area (Å²) in [7, 11) is 0. The van der Waals surface area contributed by atoms with E-state index in [1.807, 2.05) is 0 Å². The maximum absolute atomic E-state index is 13.4. The van der Waals surface area contributed by atoms with Gasteiger partial charge in [0, 0.05) is 11.8 Å². The van der Waals surface area contributed by atoms with Crippen molar-refractivity contribution >= 4 is 29.1 Å². The molecule has 0 amide bonds. The van der Waals surface area contributed by atoms with E-state index in [2.05, 4.69) is 30.3 Å². The average Bonchev–Trinajstić information content (AvgIpc) is 2.75. The van der Waals surface area contributed by atoms with Crippen LogP contribution in [-0.2, 0) is 12.7 Å². The first-order valence-corrected chi connectivity index (χ1v) is 9.71. The fourth-order valence-electron chi connectivity index (χ4n) is 2.53. The number of anilines is 2. The zero-order valence-electron chi connectivity index (χ0n) is 17.0. The van der Waals surface area contributed by atoms with E-state index in [4.69, 9.17) is 11.6 Å². The van der Waals surface area contributed by atoms with Crippen molar-refractivity contribution in [2.45, 2.75) is 25.3 Å². The van der Waals surface area contributed by atoms with E-state index in [-0.39, 0.29) is 29.2 Å². The lowest BCUT2D eigenvalue weighted by Gasteiger charge is -2.16. The van der Waals surface area contributed by atoms with Gasteiger partial charge in [0.1, 0.15) is 22.5 Å². The van der Waals surface area contributed by atoms with Crippen LogP contribution < -0.4 is 10.1 Å². The minimum Gasteiger partial charge on any atom is -0.428 e. The zero-order valence-corrected chi connectivity index (χ0v) is 17.8. The number of hydrogen-bond donors (Lipinski definition) is 1. The Morgan fingerprint density at radius 3 is 2.29 bits per heavy atom. The van der Waals surface area contributed by atoms with Crippen LogP contribution in [0, 0.1) is 5.82 Å². The van der Waals surface area contributed by atoms with Crippen LogP contribution in [0.15, 0.2) is 58.8 Å². The van der Waals surface area contributed by atoms with Crippen molar-refractivity contribution in [1.29, 1.82) is 0 Å². The number of aromatic nitrogens is 2. The Morgan fingerprint density at radius 2 is 1.66 bits per heavy atom. The van der Waals surface area contributed by atoms with Crippen molar-refractivity contribution in [1.82, 2.24) is 9.97 Å². The molecule has 0 atom stereocenters. The summed E-state index contributed by atoms with van der Waals surface area (Å²) in [6, 6.07) is 8.09. The molecule has 0 aliphatic rings. The van der Waals surface area contributed by atoms with Crippen molar-refractivity contribution in [2.24, 2.45) is 10.2 Å². The number of benzene rings is 2. The molecule has 3 aromatic rings. The molecule has 1 aromatic heterocycles. The van der Waals surface area contributed by atoms with Crippen molar-refractivity contribution in [3.05, 3.63) is 70.6 Å². The molecule has 3 rings (SSSR count). The Kier molecular flexibility index (Phi) is 7.73. The summed E-state index contributed by atoms with van der Waals surface area (Å²) in [6.07, 6.45) is -13.5. The van der Waals surface area contributed by atoms with Gasteiger partial charge in [-0.25, -0.2) is 4.39 Å². The van der Waals surface area contributed by atoms with Crippen LogP contribution in [-0.4, -0.2) is 22.5 Å². The maximum Gasteiger partial charge on any atom is 0.461 e. The molecule has 35 heavy (non-hydrogen) atoms. The molecule has 0 fully saturated rings. The standard InChI is InChI=1S/C20H12ClF8N5O/c21-15-8-16(31-11-3-6-14(22)13(7-11)19(25,26)27)33-18(32-15)34-30-9-10-1-4-12(5-2-10)35-20(28,29)17(23)24/h1-8,17H,9H2,(H,31,32,33). The molecular formula is C20H12ClF8N5O. The molecule has 0 saturated heterocycles. The third-order valence-electron chi connectivity index (χ3n) is 4.07. The number of alkyl halides is 7. The van der Waals surface area contributed by atoms with Gasteiger partial charge in [0.15, 0.2) is 0 Å². The third-order valence-corrected chi connectivity index (χ3v) is 4.27. The summed E-state index contributed by atoms with van der Waals surface area (Å²) in [4.78, 5) is 7.72. The largest absolute Gasteiger partial charge is 0.461 e. The highest BCUT2D eigenvalue weighted by Crippen LogP contribution is 2.34. The summed E-state index contributed by atoms with van der Waals surface area (Å²) in [5.74, 6) is -2.25. The van der Waals surface area contributed by atoms with Gasteiger partial charge in [-0.3, -0.25) is 0 Å². The van der Waals surface area contributed by atoms with Gasteiger partial charge in [-0.15, -0.1) is 5.11 Å². The van der Waals surface area contributed by atoms with Gasteiger partial charge in [0.05, 0.1) is 12.1 Å². The molecule has 15 heteroatoms. The van der Waals surface area contributed by atoms with Gasteiger partial charge in [-0.1, -0.05) is 23.7 Å². The van der Waals surface area contributed by atoms with Gasteiger partial charge in [-0.2, -0.15) is 45.8 Å². The maximum atomic E-state index is 13.4. The van der Waals surface area contributed by atoms with Crippen LogP contribution in [0.5, 0.6) is 5.75 Å². The van der Waals surface area contributed by atoms with E-state index in [0.717, 1.165) is 18.2 Å². The Hall–Kier alpha value is -3.55. The van der Waals surface area contributed by atoms with Crippen molar-refractivity contribution in [2.75, 3.05) is 5.32 Å². The van der Waals surface area contributed by atoms with E-state index in [9.17, 15) is 35.1 Å². The summed E-state index contributed by atoms with van der Waals surface area (Å²) < 4.78 is 106. The lowest BCUT2D eigenvalue weighted by molar-refractivity contribution is -0.253. The van der Waals surface area contributed by atoms with E-state index in [1.54, 1.807) is 0 Å². The Labute approximate surface area is 196 Å². The fourth-order valence-corrected chi connectivity index (χ4v) is 2.71. The highest BCUT2D eigenvalue weighted by molar-refractivity contribution is 6.29. The molecule has 0 saturated carbocycles. The zero-order chi connectivity index (χ0) is 25.8. The first-order valence-electron chi connectivity index (χ1n) is 9.33. The second-order valence-electron chi connectivity index (χ2n) is 6.70. The van der Waals surface area contributed by atoms with Gasteiger partial charge in [-0.05, 0) is 35.9 Å². The molecule has 1 heterocycles. The minimum atomic E-state index is -4.90. The fraction of sp³-hybridized carbons (Fsp3) is 0.200. The number of nitrogens with zero attached hydrogens (tertiary/aromatic N) is 4. The Balaban J connectivity index is 1.68. The SMILES string of the molecule is Fc1ccc(Nc2cc(Cl)nc(N=NCc3ccc(OC(F)(F)C(F)F)cc3)n2)cc1C(F)(F)F. The predicted molar refractivity (Wildman–Crippen MR) is 108 cm³/mol. The molecule has 1 N–H and O–H groups in total. The molecule has 0 spiro atoms. The Bertz CT molecular complexity index is 1210. The van der Waals surface area contributed by atoms with Crippen molar-refractivity contribution < 1.29 is 39.9 Å². The average molecular weight is 526 g/mol. The number of hydrogen-bond acceptors (Lipinski definition) is 6. The van der Waals surface area contributed by atoms with E-state index in [1.165, 1.54) is 18.2 Å². The van der Waals surface area contributed by atoms with Crippen molar-refractivity contribution in [3.8, 4) is 5.75 Å². The number of ether oxygens (including phenoxy) is 1. The monoisotopic (exact) mass is 525 g/mol. The number of azo groups is 1. The predicted octanol–water partition coefficient (Wildman–Crippen LogP) is 7.55. The second kappa shape index (κ2) is 10.4. The van der Waals surface area contributed by atoms with E-state index in [0.29, 0.717) is 17.7 Å². The van der Waals surface area contributed by atoms with Crippen LogP contribution in [0.1, 0.15) is 11.1 Å². The van der Waals surface area contributed by atoms with Gasteiger partial charge in [0.2, 0.25) is 0 Å². The van der Waals surface area contributed by atoms with Crippen LogP contribution in [0.3, 0.4) is 0 Å². The summed E-state index contributed by atoms with van der Waals surface area (Å²) in [5, 5.41) is 9.93. The molecule has 0 aliphatic carbocycles. The van der Waals surface area contributed by atoms with E-state index < -0.39 is 35.8 Å². The molecule has 0 bridgehead atoms. The Morgan fingerprint density at radius 1 is 0.971 bits per heavy atom. The van der Waals surface area contributed by atoms with Crippen molar-refractivity contribution in [3.63, 3.8) is 0 Å². The van der Waals surface area contributed by atoms with Gasteiger partial charge < -0.3 is 10.1 Å². The second-order valence-corrected chi connectivity index (χ2v) is 7.09. The van der Waals surface area contributed by atoms with Crippen LogP contribution in [0.25, 0.3) is 0 Å². The molecular weight excluding hydrogens is 514 g/mol. The molecule has 0 unspecified atom stereocenters. The smallest absolute Gasteiger partial charge is 0.428 e. The minimum absolute atomic E-state index is 0.0554. The number of halogens is 9. The number of nitrogens with one attached hydrogen (secondary N) is 1. The van der Waals surface area contributed by atoms with Crippen LogP contribution >= 0.6 is 11.6 Å². The normalized spacial score (nSPS) is 12.4. The van der Waals surface area contributed by atoms with Gasteiger partial charge in [0.25, 0.3) is 5.95 Å². The molecule has 0 aliphatic heterocycles. The van der Waals surface area contributed by atoms with Crippen LogP contribution in [0.4, 0.5) is 52.6 Å². The summed E-state index contributed by atoms with van der Waals surface area (Å²) >= 11 is 5.87. The van der Waals surface area contributed by atoms with Crippen LogP contribution in [0.2, 0.25) is 5.15 Å². The lowest BCUT2D eigenvalue weighted by atomic mass is 10.2. The molecule has 2 aromatic carbocycles. The summed E-state index contributed by atoms with van der Waals surface area (Å²) in [5.41, 5.74) is -1.17. The summed E-state index contributed by atoms with van der Waals surface area (Å²) in [6.45, 7) is -0.100. The number of rotatable bonds is 8.